The Morgan fingerprint density at radius 2 is 1.62 bits per heavy atom. The molecule has 11 nitrogen and oxygen atoms in total. The number of anilines is 3. The Morgan fingerprint density at radius 1 is 0.949 bits per heavy atom. The number of fused-ring (bicyclic) bond motifs is 1. The first-order chi connectivity index (χ1) is 18.8. The third-order valence-electron chi connectivity index (χ3n) is 7.07. The second-order valence-corrected chi connectivity index (χ2v) is 10.4. The van der Waals surface area contributed by atoms with Crippen molar-refractivity contribution in [3.8, 4) is 0 Å². The number of cyclic esters (lactones) is 1. The van der Waals surface area contributed by atoms with Crippen LogP contribution in [0.3, 0.4) is 0 Å². The number of rotatable bonds is 6. The van der Waals surface area contributed by atoms with Crippen LogP contribution < -0.4 is 14.7 Å². The van der Waals surface area contributed by atoms with Crippen molar-refractivity contribution < 1.29 is 28.4 Å². The molecule has 0 unspecified atom stereocenters. The zero-order valence-electron chi connectivity index (χ0n) is 20.5. The van der Waals surface area contributed by atoms with Gasteiger partial charge in [-0.2, -0.15) is 0 Å². The lowest BCUT2D eigenvalue weighted by atomic mass is 10.1. The monoisotopic (exact) mass is 551 g/mol. The highest BCUT2D eigenvalue weighted by Crippen LogP contribution is 2.34. The molecule has 3 amide bonds. The van der Waals surface area contributed by atoms with Crippen LogP contribution >= 0.6 is 11.3 Å². The molecule has 1 atom stereocenters. The molecule has 13 heteroatoms. The van der Waals surface area contributed by atoms with Crippen molar-refractivity contribution >= 4 is 50.6 Å². The van der Waals surface area contributed by atoms with E-state index in [0.29, 0.717) is 48.7 Å². The van der Waals surface area contributed by atoms with Crippen LogP contribution in [-0.2, 0) is 4.74 Å². The maximum absolute atomic E-state index is 15.2. The van der Waals surface area contributed by atoms with Gasteiger partial charge in [0.2, 0.25) is 0 Å². The number of thiophene rings is 1. The van der Waals surface area contributed by atoms with E-state index >= 15 is 4.39 Å². The van der Waals surface area contributed by atoms with Crippen molar-refractivity contribution in [3.05, 3.63) is 81.7 Å². The number of imide groups is 1. The molecule has 0 aliphatic carbocycles. The van der Waals surface area contributed by atoms with Gasteiger partial charge in [0, 0.05) is 32.2 Å². The first kappa shape index (κ1) is 24.8. The summed E-state index contributed by atoms with van der Waals surface area (Å²) in [5.74, 6) is -1.36. The van der Waals surface area contributed by atoms with E-state index in [4.69, 9.17) is 4.74 Å². The molecule has 3 aliphatic rings. The largest absolute Gasteiger partial charge is 0.442 e. The number of carbonyl (C=O) groups excluding carboxylic acids is 3. The summed E-state index contributed by atoms with van der Waals surface area (Å²) in [5, 5.41) is 11.9. The second kappa shape index (κ2) is 9.66. The third kappa shape index (κ3) is 4.44. The minimum atomic E-state index is -0.747. The Kier molecular flexibility index (Phi) is 6.14. The molecule has 4 heterocycles. The Morgan fingerprint density at radius 3 is 2.23 bits per heavy atom. The van der Waals surface area contributed by atoms with Crippen molar-refractivity contribution in [2.75, 3.05) is 54.0 Å². The van der Waals surface area contributed by atoms with Gasteiger partial charge in [-0.15, -0.1) is 0 Å². The molecule has 2 saturated heterocycles. The van der Waals surface area contributed by atoms with E-state index in [1.54, 1.807) is 42.5 Å². The highest BCUT2D eigenvalue weighted by molar-refractivity contribution is 7.19. The van der Waals surface area contributed by atoms with E-state index in [1.807, 2.05) is 9.80 Å². The quantitative estimate of drug-likeness (QED) is 0.258. The highest BCUT2D eigenvalue weighted by Gasteiger charge is 2.41. The molecule has 0 spiro atoms. The van der Waals surface area contributed by atoms with Gasteiger partial charge in [0.15, 0.2) is 0 Å². The van der Waals surface area contributed by atoms with Gasteiger partial charge >= 0.3 is 11.1 Å². The number of piperazine rings is 1. The smallest absolute Gasteiger partial charge is 0.414 e. The number of amides is 3. The Bertz CT molecular complexity index is 1470. The van der Waals surface area contributed by atoms with Gasteiger partial charge in [-0.25, -0.2) is 9.18 Å². The minimum Gasteiger partial charge on any atom is -0.442 e. The van der Waals surface area contributed by atoms with Crippen molar-refractivity contribution in [1.82, 2.24) is 4.90 Å². The Labute approximate surface area is 225 Å². The van der Waals surface area contributed by atoms with E-state index < -0.39 is 34.8 Å². The number of halogens is 1. The molecular formula is C26H22FN5O6S. The lowest BCUT2D eigenvalue weighted by molar-refractivity contribution is -0.380. The van der Waals surface area contributed by atoms with E-state index in [0.717, 1.165) is 21.2 Å². The number of ether oxygens (including phenoxy) is 1. The predicted octanol–water partition coefficient (Wildman–Crippen LogP) is 3.74. The molecule has 0 bridgehead atoms. The maximum Gasteiger partial charge on any atom is 0.414 e. The van der Waals surface area contributed by atoms with Crippen molar-refractivity contribution in [2.45, 2.75) is 6.10 Å². The molecule has 2 fully saturated rings. The summed E-state index contributed by atoms with van der Waals surface area (Å²) in [4.78, 5) is 54.7. The van der Waals surface area contributed by atoms with E-state index in [2.05, 4.69) is 0 Å². The van der Waals surface area contributed by atoms with Crippen molar-refractivity contribution in [2.24, 2.45) is 0 Å². The van der Waals surface area contributed by atoms with Gasteiger partial charge in [-0.1, -0.05) is 12.1 Å². The number of nitrogens with zero attached hydrogens (tertiary/aromatic N) is 5. The SMILES string of the molecule is O=C1c2ccccc2C(=O)N1C[C@H]1CN(c2ccc(N3CCN(c4ccc([N+](=O)[O-])s4)CC3)c(F)c2)C(=O)O1. The van der Waals surface area contributed by atoms with E-state index in [-0.39, 0.29) is 18.1 Å². The molecule has 0 saturated carbocycles. The fourth-order valence-corrected chi connectivity index (χ4v) is 5.98. The van der Waals surface area contributed by atoms with Gasteiger partial charge in [0.1, 0.15) is 11.9 Å². The number of benzene rings is 2. The first-order valence-corrected chi connectivity index (χ1v) is 13.1. The maximum atomic E-state index is 15.2. The Hall–Kier alpha value is -4.52. The molecule has 0 N–H and O–H groups in total. The van der Waals surface area contributed by atoms with Gasteiger partial charge < -0.3 is 14.5 Å². The second-order valence-electron chi connectivity index (χ2n) is 9.36. The zero-order chi connectivity index (χ0) is 27.3. The van der Waals surface area contributed by atoms with Crippen molar-refractivity contribution in [1.29, 1.82) is 0 Å². The van der Waals surface area contributed by atoms with Crippen LogP contribution in [0.5, 0.6) is 0 Å². The summed E-state index contributed by atoms with van der Waals surface area (Å²) in [5.41, 5.74) is 1.35. The van der Waals surface area contributed by atoms with Crippen molar-refractivity contribution in [3.63, 3.8) is 0 Å². The van der Waals surface area contributed by atoms with Gasteiger partial charge in [-0.05, 0) is 47.7 Å². The van der Waals surface area contributed by atoms with E-state index in [9.17, 15) is 24.5 Å². The molecular weight excluding hydrogens is 529 g/mol. The fourth-order valence-electron chi connectivity index (χ4n) is 5.11. The molecule has 2 aromatic carbocycles. The predicted molar refractivity (Wildman–Crippen MR) is 141 cm³/mol. The molecule has 0 radical (unpaired) electrons. The molecule has 3 aliphatic heterocycles. The number of hydrogen-bond donors (Lipinski definition) is 0. The molecule has 6 rings (SSSR count). The van der Waals surface area contributed by atoms with Gasteiger partial charge in [0.25, 0.3) is 11.8 Å². The van der Waals surface area contributed by atoms with Gasteiger partial charge in [-0.3, -0.25) is 29.5 Å². The normalized spacial score (nSPS) is 19.1. The standard InChI is InChI=1S/C26H22FN5O6S/c27-20-13-16(5-6-21(20)28-9-11-29(12-10-28)22-7-8-23(39-22)32(36)37)30-14-17(38-26(30)35)15-31-24(33)18-3-1-2-4-19(18)25(31)34/h1-8,13,17H,9-12,14-15H2/t17-/m1/s1. The summed E-state index contributed by atoms with van der Waals surface area (Å²) in [7, 11) is 0. The first-order valence-electron chi connectivity index (χ1n) is 12.3. The molecule has 1 aromatic heterocycles. The zero-order valence-corrected chi connectivity index (χ0v) is 21.3. The fraction of sp³-hybridized carbons (Fsp3) is 0.269. The summed E-state index contributed by atoms with van der Waals surface area (Å²) in [6.07, 6.45) is -1.42. The summed E-state index contributed by atoms with van der Waals surface area (Å²) in [6, 6.07) is 14.3. The average molecular weight is 552 g/mol. The Balaban J connectivity index is 1.09. The van der Waals surface area contributed by atoms with E-state index in [1.165, 1.54) is 17.0 Å². The topological polar surface area (TPSA) is 117 Å². The average Bonchev–Trinajstić information content (AvgIpc) is 3.63. The summed E-state index contributed by atoms with van der Waals surface area (Å²) >= 11 is 1.12. The van der Waals surface area contributed by atoms with Crippen LogP contribution in [0.15, 0.2) is 54.6 Å². The lowest BCUT2D eigenvalue weighted by Crippen LogP contribution is -2.46. The van der Waals surface area contributed by atoms with Crippen LogP contribution in [0.2, 0.25) is 0 Å². The number of carbonyl (C=O) groups is 3. The minimum absolute atomic E-state index is 0.0661. The van der Waals surface area contributed by atoms with Gasteiger partial charge in [0.05, 0.1) is 45.5 Å². The van der Waals surface area contributed by atoms with Crippen LogP contribution in [0.25, 0.3) is 0 Å². The third-order valence-corrected chi connectivity index (χ3v) is 8.17. The number of hydrogen-bond acceptors (Lipinski definition) is 9. The van der Waals surface area contributed by atoms with Crippen LogP contribution in [0.4, 0.5) is 30.6 Å². The molecule has 3 aromatic rings. The highest BCUT2D eigenvalue weighted by atomic mass is 32.1. The summed E-state index contributed by atoms with van der Waals surface area (Å²) in [6.45, 7) is 2.18. The van der Waals surface area contributed by atoms with Crippen LogP contribution in [-0.4, -0.2) is 73.1 Å². The molecule has 200 valence electrons. The number of nitro groups is 1. The van der Waals surface area contributed by atoms with Crippen LogP contribution in [0, 0.1) is 15.9 Å². The molecule has 39 heavy (non-hydrogen) atoms. The lowest BCUT2D eigenvalue weighted by Gasteiger charge is -2.36. The summed E-state index contributed by atoms with van der Waals surface area (Å²) < 4.78 is 20.6. The van der Waals surface area contributed by atoms with Crippen LogP contribution in [0.1, 0.15) is 20.7 Å².